The molecule has 3 aliphatic rings. The molecule has 2 atom stereocenters. The van der Waals surface area contributed by atoms with Crippen molar-refractivity contribution in [2.75, 3.05) is 33.4 Å². The van der Waals surface area contributed by atoms with E-state index in [2.05, 4.69) is 39.1 Å². The highest BCUT2D eigenvalue weighted by Crippen LogP contribution is 2.43. The van der Waals surface area contributed by atoms with E-state index in [1.54, 1.807) is 12.5 Å². The van der Waals surface area contributed by atoms with Gasteiger partial charge >= 0.3 is 0 Å². The zero-order chi connectivity index (χ0) is 25.4. The maximum Gasteiger partial charge on any atom is 0.207 e. The van der Waals surface area contributed by atoms with Crippen molar-refractivity contribution in [3.63, 3.8) is 0 Å². The summed E-state index contributed by atoms with van der Waals surface area (Å²) in [7, 11) is 4.16. The molecule has 0 radical (unpaired) electrons. The van der Waals surface area contributed by atoms with E-state index in [4.69, 9.17) is 19.2 Å². The summed E-state index contributed by atoms with van der Waals surface area (Å²) in [5.41, 5.74) is 4.64. The number of hydrogen-bond donors (Lipinski definition) is 1. The summed E-state index contributed by atoms with van der Waals surface area (Å²) in [4.78, 5) is 22.8. The van der Waals surface area contributed by atoms with Gasteiger partial charge in [0, 0.05) is 66.6 Å². The summed E-state index contributed by atoms with van der Waals surface area (Å²) in [5, 5.41) is 3.76. The Morgan fingerprint density at radius 2 is 2.22 bits per heavy atom. The van der Waals surface area contributed by atoms with E-state index in [-0.39, 0.29) is 0 Å². The monoisotopic (exact) mass is 501 g/mol. The Bertz CT molecular complexity index is 1400. The van der Waals surface area contributed by atoms with Gasteiger partial charge in [0.05, 0.1) is 29.9 Å². The van der Waals surface area contributed by atoms with Gasteiger partial charge in [-0.15, -0.1) is 0 Å². The SMILES string of the molecule is CN1CCC[C@@H]1COc1cc(-c2cn(C)c3cnc(CCNC=O)cc23)nc2c1C=COC21C=COC1. The molecule has 9 nitrogen and oxygen atoms in total. The van der Waals surface area contributed by atoms with Crippen molar-refractivity contribution < 1.29 is 19.0 Å². The van der Waals surface area contributed by atoms with E-state index in [1.165, 1.54) is 6.42 Å². The van der Waals surface area contributed by atoms with Gasteiger partial charge < -0.3 is 29.0 Å². The Hall–Kier alpha value is -3.85. The third-order valence-corrected chi connectivity index (χ3v) is 7.59. The Morgan fingerprint density at radius 3 is 3.00 bits per heavy atom. The summed E-state index contributed by atoms with van der Waals surface area (Å²) in [6.07, 6.45) is 14.9. The average Bonchev–Trinajstić information content (AvgIpc) is 3.63. The highest BCUT2D eigenvalue weighted by atomic mass is 16.5. The van der Waals surface area contributed by atoms with Gasteiger partial charge in [-0.3, -0.25) is 9.78 Å². The van der Waals surface area contributed by atoms with Crippen molar-refractivity contribution in [3.05, 3.63) is 60.1 Å². The van der Waals surface area contributed by atoms with Crippen LogP contribution in [0, 0.1) is 0 Å². The van der Waals surface area contributed by atoms with Crippen molar-refractivity contribution in [2.24, 2.45) is 7.05 Å². The fourth-order valence-electron chi connectivity index (χ4n) is 5.45. The minimum absolute atomic E-state index is 0.360. The molecular formula is C28H31N5O4. The van der Waals surface area contributed by atoms with E-state index in [9.17, 15) is 4.79 Å². The number of hydrogen-bond acceptors (Lipinski definition) is 7. The summed E-state index contributed by atoms with van der Waals surface area (Å²) in [6, 6.07) is 4.52. The number of nitrogens with zero attached hydrogens (tertiary/aromatic N) is 4. The first-order valence-electron chi connectivity index (χ1n) is 12.7. The topological polar surface area (TPSA) is 90.7 Å². The normalized spacial score (nSPS) is 22.3. The number of pyridine rings is 2. The van der Waals surface area contributed by atoms with Crippen molar-refractivity contribution in [1.29, 1.82) is 0 Å². The molecular weight excluding hydrogens is 470 g/mol. The first-order chi connectivity index (χ1) is 18.1. The highest BCUT2D eigenvalue weighted by molar-refractivity contribution is 5.95. The highest BCUT2D eigenvalue weighted by Gasteiger charge is 2.42. The van der Waals surface area contributed by atoms with Gasteiger partial charge in [-0.2, -0.15) is 0 Å². The van der Waals surface area contributed by atoms with Crippen molar-refractivity contribution in [2.45, 2.75) is 30.9 Å². The van der Waals surface area contributed by atoms with Gasteiger partial charge in [0.2, 0.25) is 12.0 Å². The van der Waals surface area contributed by atoms with Gasteiger partial charge in [0.15, 0.2) is 0 Å². The summed E-state index contributed by atoms with van der Waals surface area (Å²) in [6.45, 7) is 2.61. The Morgan fingerprint density at radius 1 is 1.30 bits per heavy atom. The molecule has 1 fully saturated rings. The summed E-state index contributed by atoms with van der Waals surface area (Å²) >= 11 is 0. The molecule has 0 aliphatic carbocycles. The lowest BCUT2D eigenvalue weighted by Crippen LogP contribution is -2.33. The molecule has 1 unspecified atom stereocenters. The fourth-order valence-corrected chi connectivity index (χ4v) is 5.45. The number of aromatic nitrogens is 3. The van der Waals surface area contributed by atoms with Crippen LogP contribution in [0.1, 0.15) is 29.8 Å². The second-order valence-corrected chi connectivity index (χ2v) is 9.95. The molecule has 3 aliphatic heterocycles. The molecule has 1 saturated heterocycles. The molecule has 3 aromatic heterocycles. The van der Waals surface area contributed by atoms with E-state index < -0.39 is 5.60 Å². The van der Waals surface area contributed by atoms with Crippen molar-refractivity contribution in [3.8, 4) is 17.0 Å². The molecule has 192 valence electrons. The summed E-state index contributed by atoms with van der Waals surface area (Å²) in [5.74, 6) is 0.793. The number of amides is 1. The number of fused-ring (bicyclic) bond motifs is 3. The van der Waals surface area contributed by atoms with Crippen LogP contribution in [-0.2, 0) is 33.3 Å². The van der Waals surface area contributed by atoms with Gasteiger partial charge in [-0.05, 0) is 38.6 Å². The number of ether oxygens (including phenoxy) is 3. The van der Waals surface area contributed by atoms with Crippen LogP contribution in [0.2, 0.25) is 0 Å². The molecule has 6 heterocycles. The van der Waals surface area contributed by atoms with E-state index in [0.29, 0.717) is 38.6 Å². The first kappa shape index (κ1) is 23.5. The van der Waals surface area contributed by atoms with Crippen LogP contribution in [0.15, 0.2) is 43.1 Å². The third-order valence-electron chi connectivity index (χ3n) is 7.59. The van der Waals surface area contributed by atoms with Crippen LogP contribution in [0.5, 0.6) is 5.75 Å². The maximum absolute atomic E-state index is 10.7. The van der Waals surface area contributed by atoms with E-state index in [1.807, 2.05) is 31.5 Å². The Kier molecular flexibility index (Phi) is 6.08. The molecule has 37 heavy (non-hydrogen) atoms. The Balaban J connectivity index is 1.45. The van der Waals surface area contributed by atoms with Crippen LogP contribution in [-0.4, -0.2) is 65.2 Å². The lowest BCUT2D eigenvalue weighted by molar-refractivity contribution is -0.109. The first-order valence-corrected chi connectivity index (χ1v) is 12.7. The third kappa shape index (κ3) is 4.23. The van der Waals surface area contributed by atoms with Crippen LogP contribution in [0.25, 0.3) is 28.2 Å². The van der Waals surface area contributed by atoms with Crippen LogP contribution in [0.4, 0.5) is 0 Å². The molecule has 9 heteroatoms. The van der Waals surface area contributed by atoms with Gasteiger partial charge in [0.25, 0.3) is 0 Å². The quantitative estimate of drug-likeness (QED) is 0.375. The number of nitrogens with one attached hydrogen (secondary N) is 1. The van der Waals surface area contributed by atoms with E-state index >= 15 is 0 Å². The molecule has 1 amide bonds. The predicted molar refractivity (Wildman–Crippen MR) is 140 cm³/mol. The van der Waals surface area contributed by atoms with Crippen LogP contribution in [0.3, 0.4) is 0 Å². The van der Waals surface area contributed by atoms with Gasteiger partial charge in [0.1, 0.15) is 24.7 Å². The van der Waals surface area contributed by atoms with Gasteiger partial charge in [-0.1, -0.05) is 0 Å². The second-order valence-electron chi connectivity index (χ2n) is 9.95. The minimum Gasteiger partial charge on any atom is -0.496 e. The Labute approximate surface area is 215 Å². The molecule has 3 aromatic rings. The number of carbonyl (C=O) groups excluding carboxylic acids is 1. The number of likely N-dealkylation sites (N-methyl/N-ethyl adjacent to an activating group) is 1. The van der Waals surface area contributed by atoms with Crippen molar-refractivity contribution in [1.82, 2.24) is 24.8 Å². The number of carbonyl (C=O) groups is 1. The van der Waals surface area contributed by atoms with Gasteiger partial charge in [-0.25, -0.2) is 4.98 Å². The number of likely N-dealkylation sites (tertiary alicyclic amines) is 1. The zero-order valence-electron chi connectivity index (χ0n) is 21.1. The maximum atomic E-state index is 10.7. The smallest absolute Gasteiger partial charge is 0.207 e. The van der Waals surface area contributed by atoms with E-state index in [0.717, 1.165) is 57.8 Å². The predicted octanol–water partition coefficient (Wildman–Crippen LogP) is 3.14. The average molecular weight is 502 g/mol. The standard InChI is InChI=1S/C28H31N5O4/c1-32-9-3-4-20(32)16-36-26-13-24(31-27-21(26)6-10-37-28(27)7-11-35-17-28)23-15-33(2)25-14-30-19(12-22(23)25)5-8-29-18-34/h6-7,10-15,18,20H,3-5,8-9,16-17H2,1-2H3,(H,29,34)/t20-,28?/m1/s1. The minimum atomic E-state index is -0.778. The molecule has 0 bridgehead atoms. The number of rotatable bonds is 8. The molecule has 0 saturated carbocycles. The molecule has 0 aromatic carbocycles. The lowest BCUT2D eigenvalue weighted by Gasteiger charge is -2.31. The fraction of sp³-hybridized carbons (Fsp3) is 0.393. The van der Waals surface area contributed by atoms with Crippen LogP contribution >= 0.6 is 0 Å². The largest absolute Gasteiger partial charge is 0.496 e. The second kappa shape index (κ2) is 9.55. The van der Waals surface area contributed by atoms with Crippen molar-refractivity contribution >= 4 is 23.4 Å². The molecule has 6 rings (SSSR count). The van der Waals surface area contributed by atoms with Crippen LogP contribution < -0.4 is 10.1 Å². The zero-order valence-corrected chi connectivity index (χ0v) is 21.1. The molecule has 1 N–H and O–H groups in total. The molecule has 1 spiro atoms. The lowest BCUT2D eigenvalue weighted by atomic mass is 9.93. The number of aryl methyl sites for hydroxylation is 1. The summed E-state index contributed by atoms with van der Waals surface area (Å²) < 4.78 is 20.3.